The van der Waals surface area contributed by atoms with Gasteiger partial charge in [-0.05, 0) is 31.0 Å². The summed E-state index contributed by atoms with van der Waals surface area (Å²) in [6.07, 6.45) is 3.22. The van der Waals surface area contributed by atoms with Gasteiger partial charge < -0.3 is 14.5 Å². The number of aromatic nitrogens is 2. The van der Waals surface area contributed by atoms with Crippen molar-refractivity contribution >= 4 is 33.5 Å². The number of carbonyl (C=O) groups excluding carboxylic acids is 1. The lowest BCUT2D eigenvalue weighted by Crippen LogP contribution is -2.37. The van der Waals surface area contributed by atoms with Crippen LogP contribution in [-0.2, 0) is 6.42 Å². The molecular weight excluding hydrogens is 360 g/mol. The predicted octanol–water partition coefficient (Wildman–Crippen LogP) is 3.96. The van der Waals surface area contributed by atoms with Gasteiger partial charge in [-0.25, -0.2) is 14.8 Å². The zero-order valence-corrected chi connectivity index (χ0v) is 16.1. The van der Waals surface area contributed by atoms with Crippen LogP contribution in [0.2, 0.25) is 0 Å². The van der Waals surface area contributed by atoms with Crippen LogP contribution in [0.3, 0.4) is 0 Å². The number of para-hydroxylation sites is 1. The van der Waals surface area contributed by atoms with Crippen molar-refractivity contribution in [2.75, 3.05) is 31.1 Å². The molecule has 1 aliphatic rings. The molecule has 0 saturated carbocycles. The minimum Gasteiger partial charge on any atom is -0.410 e. The van der Waals surface area contributed by atoms with Gasteiger partial charge in [0.25, 0.3) is 0 Å². The van der Waals surface area contributed by atoms with E-state index < -0.39 is 0 Å². The first kappa shape index (κ1) is 17.7. The van der Waals surface area contributed by atoms with Crippen molar-refractivity contribution in [1.29, 1.82) is 0 Å². The Labute approximate surface area is 162 Å². The predicted molar refractivity (Wildman–Crippen MR) is 108 cm³/mol. The first-order chi connectivity index (χ1) is 13.2. The van der Waals surface area contributed by atoms with Gasteiger partial charge >= 0.3 is 6.09 Å². The maximum absolute atomic E-state index is 12.5. The molecule has 140 valence electrons. The summed E-state index contributed by atoms with van der Waals surface area (Å²) >= 11 is 1.73. The molecule has 1 saturated heterocycles. The van der Waals surface area contributed by atoms with Crippen molar-refractivity contribution in [3.63, 3.8) is 0 Å². The third kappa shape index (κ3) is 3.88. The van der Waals surface area contributed by atoms with E-state index in [1.54, 1.807) is 34.7 Å². The second-order valence-electron chi connectivity index (χ2n) is 6.49. The number of hydrogen-bond acceptors (Lipinski definition) is 6. The van der Waals surface area contributed by atoms with Crippen molar-refractivity contribution in [3.8, 4) is 5.75 Å². The minimum atomic E-state index is -0.292. The van der Waals surface area contributed by atoms with Gasteiger partial charge in [-0.2, -0.15) is 0 Å². The van der Waals surface area contributed by atoms with Gasteiger partial charge in [-0.1, -0.05) is 25.1 Å². The highest BCUT2D eigenvalue weighted by molar-refractivity contribution is 7.18. The van der Waals surface area contributed by atoms with Crippen LogP contribution >= 0.6 is 11.3 Å². The van der Waals surface area contributed by atoms with E-state index in [-0.39, 0.29) is 6.09 Å². The summed E-state index contributed by atoms with van der Waals surface area (Å²) in [6, 6.07) is 11.4. The first-order valence-corrected chi connectivity index (χ1v) is 10.1. The van der Waals surface area contributed by atoms with Gasteiger partial charge in [0, 0.05) is 31.1 Å². The van der Waals surface area contributed by atoms with E-state index in [0.29, 0.717) is 18.8 Å². The lowest BCUT2D eigenvalue weighted by molar-refractivity contribution is 0.155. The Morgan fingerprint density at radius 1 is 1.15 bits per heavy atom. The molecule has 1 aromatic carbocycles. The number of rotatable bonds is 3. The molecule has 1 amide bonds. The molecule has 6 nitrogen and oxygen atoms in total. The molecule has 3 heterocycles. The van der Waals surface area contributed by atoms with Crippen LogP contribution in [0.4, 0.5) is 10.6 Å². The highest BCUT2D eigenvalue weighted by Crippen LogP contribution is 2.31. The number of thiophene rings is 1. The molecule has 3 aromatic rings. The monoisotopic (exact) mass is 382 g/mol. The van der Waals surface area contributed by atoms with E-state index in [0.717, 1.165) is 42.0 Å². The molecule has 1 aliphatic heterocycles. The molecule has 4 rings (SSSR count). The third-order valence-corrected chi connectivity index (χ3v) is 5.90. The lowest BCUT2D eigenvalue weighted by atomic mass is 10.3. The van der Waals surface area contributed by atoms with Crippen molar-refractivity contribution < 1.29 is 9.53 Å². The van der Waals surface area contributed by atoms with Crippen LogP contribution in [-0.4, -0.2) is 47.1 Å². The molecule has 1 fully saturated rings. The van der Waals surface area contributed by atoms with Gasteiger partial charge in [-0.3, -0.25) is 0 Å². The molecule has 0 N–H and O–H groups in total. The average Bonchev–Trinajstić information content (AvgIpc) is 2.97. The highest BCUT2D eigenvalue weighted by atomic mass is 32.1. The largest absolute Gasteiger partial charge is 0.415 e. The summed E-state index contributed by atoms with van der Waals surface area (Å²) in [7, 11) is 0. The molecule has 2 aromatic heterocycles. The SMILES string of the molecule is CCc1cc2c(N3CCCN(C(=O)Oc4ccccc4)CC3)ncnc2s1. The average molecular weight is 382 g/mol. The first-order valence-electron chi connectivity index (χ1n) is 9.25. The summed E-state index contributed by atoms with van der Waals surface area (Å²) in [5.41, 5.74) is 0. The molecule has 0 atom stereocenters. The van der Waals surface area contributed by atoms with E-state index in [1.165, 1.54) is 4.88 Å². The maximum atomic E-state index is 12.5. The third-order valence-electron chi connectivity index (χ3n) is 4.71. The lowest BCUT2D eigenvalue weighted by Gasteiger charge is -2.23. The molecule has 0 aliphatic carbocycles. The summed E-state index contributed by atoms with van der Waals surface area (Å²) < 4.78 is 5.48. The summed E-state index contributed by atoms with van der Waals surface area (Å²) in [6.45, 7) is 5.04. The smallest absolute Gasteiger partial charge is 0.410 e. The molecule has 27 heavy (non-hydrogen) atoms. The van der Waals surface area contributed by atoms with Crippen molar-refractivity contribution in [2.24, 2.45) is 0 Å². The number of carbonyl (C=O) groups is 1. The van der Waals surface area contributed by atoms with Crippen molar-refractivity contribution in [2.45, 2.75) is 19.8 Å². The number of amides is 1. The van der Waals surface area contributed by atoms with Crippen molar-refractivity contribution in [1.82, 2.24) is 14.9 Å². The Morgan fingerprint density at radius 3 is 2.81 bits per heavy atom. The van der Waals surface area contributed by atoms with Crippen LogP contribution in [0, 0.1) is 0 Å². The number of benzene rings is 1. The van der Waals surface area contributed by atoms with Gasteiger partial charge in [0.05, 0.1) is 5.39 Å². The van der Waals surface area contributed by atoms with E-state index >= 15 is 0 Å². The number of hydrogen-bond donors (Lipinski definition) is 0. The molecule has 0 bridgehead atoms. The second kappa shape index (κ2) is 7.92. The maximum Gasteiger partial charge on any atom is 0.415 e. The normalized spacial score (nSPS) is 15.0. The standard InChI is InChI=1S/C20H22N4O2S/c1-2-16-13-17-18(21-14-22-19(17)27-16)23-9-6-10-24(12-11-23)20(25)26-15-7-4-3-5-8-15/h3-5,7-8,13-14H,2,6,9-12H2,1H3. The molecule has 7 heteroatoms. The number of fused-ring (bicyclic) bond motifs is 1. The van der Waals surface area contributed by atoms with Gasteiger partial charge in [0.1, 0.15) is 22.7 Å². The number of ether oxygens (including phenoxy) is 1. The zero-order chi connectivity index (χ0) is 18.6. The summed E-state index contributed by atoms with van der Waals surface area (Å²) in [5.74, 6) is 1.54. The minimum absolute atomic E-state index is 0.292. The molecule has 0 unspecified atom stereocenters. The number of nitrogens with zero attached hydrogens (tertiary/aromatic N) is 4. The second-order valence-corrected chi connectivity index (χ2v) is 7.61. The van der Waals surface area contributed by atoms with Gasteiger partial charge in [0.2, 0.25) is 0 Å². The quantitative estimate of drug-likeness (QED) is 0.686. The van der Waals surface area contributed by atoms with E-state index in [9.17, 15) is 4.79 Å². The van der Waals surface area contributed by atoms with Crippen LogP contribution in [0.1, 0.15) is 18.2 Å². The number of anilines is 1. The molecule has 0 radical (unpaired) electrons. The fraction of sp³-hybridized carbons (Fsp3) is 0.350. The van der Waals surface area contributed by atoms with Crippen LogP contribution in [0.5, 0.6) is 5.75 Å². The van der Waals surface area contributed by atoms with Crippen LogP contribution < -0.4 is 9.64 Å². The summed E-state index contributed by atoms with van der Waals surface area (Å²) in [4.78, 5) is 27.8. The Bertz CT molecular complexity index is 928. The zero-order valence-electron chi connectivity index (χ0n) is 15.3. The van der Waals surface area contributed by atoms with Crippen LogP contribution in [0.15, 0.2) is 42.7 Å². The fourth-order valence-electron chi connectivity index (χ4n) is 3.28. The Hall–Kier alpha value is -2.67. The van der Waals surface area contributed by atoms with Crippen LogP contribution in [0.25, 0.3) is 10.2 Å². The Kier molecular flexibility index (Phi) is 5.20. The Morgan fingerprint density at radius 2 is 2.00 bits per heavy atom. The highest BCUT2D eigenvalue weighted by Gasteiger charge is 2.23. The topological polar surface area (TPSA) is 58.6 Å². The number of aryl methyl sites for hydroxylation is 1. The van der Waals surface area contributed by atoms with E-state index in [1.807, 2.05) is 18.2 Å². The van der Waals surface area contributed by atoms with E-state index in [2.05, 4.69) is 27.9 Å². The molecular formula is C20H22N4O2S. The Balaban J connectivity index is 1.47. The van der Waals surface area contributed by atoms with Gasteiger partial charge in [-0.15, -0.1) is 11.3 Å². The summed E-state index contributed by atoms with van der Waals surface area (Å²) in [5, 5.41) is 1.11. The van der Waals surface area contributed by atoms with Gasteiger partial charge in [0.15, 0.2) is 0 Å². The molecule has 0 spiro atoms. The van der Waals surface area contributed by atoms with Crippen molar-refractivity contribution in [3.05, 3.63) is 47.6 Å². The fourth-order valence-corrected chi connectivity index (χ4v) is 4.21. The van der Waals surface area contributed by atoms with E-state index in [4.69, 9.17) is 4.74 Å².